The molecule has 1 atom stereocenters. The van der Waals surface area contributed by atoms with Gasteiger partial charge in [-0.1, -0.05) is 18.2 Å². The molecule has 0 fully saturated rings. The highest BCUT2D eigenvalue weighted by Crippen LogP contribution is 2.41. The van der Waals surface area contributed by atoms with E-state index in [4.69, 9.17) is 5.73 Å². The smallest absolute Gasteiger partial charge is 0.280 e. The molecular formula is C20H16F2N6O. The molecule has 1 aromatic carbocycles. The Hall–Kier alpha value is -3.75. The number of likely N-dealkylation sites (N-methyl/N-ethyl adjacent to an activating group) is 1. The lowest BCUT2D eigenvalue weighted by atomic mass is 9.82. The average molecular weight is 394 g/mol. The van der Waals surface area contributed by atoms with Gasteiger partial charge in [0.25, 0.3) is 12.3 Å². The summed E-state index contributed by atoms with van der Waals surface area (Å²) in [5.41, 5.74) is 6.16. The van der Waals surface area contributed by atoms with Gasteiger partial charge in [0.05, 0.1) is 0 Å². The number of benzene rings is 1. The van der Waals surface area contributed by atoms with E-state index in [1.165, 1.54) is 36.6 Å². The summed E-state index contributed by atoms with van der Waals surface area (Å²) in [6.45, 7) is 0. The third-order valence-electron chi connectivity index (χ3n) is 4.84. The van der Waals surface area contributed by atoms with Gasteiger partial charge >= 0.3 is 0 Å². The van der Waals surface area contributed by atoms with Gasteiger partial charge < -0.3 is 5.73 Å². The first-order valence-corrected chi connectivity index (χ1v) is 8.67. The van der Waals surface area contributed by atoms with Gasteiger partial charge in [0, 0.05) is 31.2 Å². The lowest BCUT2D eigenvalue weighted by Crippen LogP contribution is -2.41. The lowest BCUT2D eigenvalue weighted by molar-refractivity contribution is -0.129. The molecule has 0 saturated carbocycles. The second-order valence-corrected chi connectivity index (χ2v) is 6.52. The highest BCUT2D eigenvalue weighted by atomic mass is 19.3. The van der Waals surface area contributed by atoms with Crippen LogP contribution in [0.15, 0.2) is 66.3 Å². The van der Waals surface area contributed by atoms with Gasteiger partial charge in [0.1, 0.15) is 12.0 Å². The Morgan fingerprint density at radius 2 is 1.79 bits per heavy atom. The first kappa shape index (κ1) is 18.6. The van der Waals surface area contributed by atoms with Crippen molar-refractivity contribution in [2.45, 2.75) is 12.0 Å². The van der Waals surface area contributed by atoms with Crippen LogP contribution < -0.4 is 5.73 Å². The van der Waals surface area contributed by atoms with Crippen LogP contribution in [-0.2, 0) is 10.3 Å². The summed E-state index contributed by atoms with van der Waals surface area (Å²) in [5.74, 6) is -0.443. The van der Waals surface area contributed by atoms with Crippen LogP contribution in [0.2, 0.25) is 0 Å². The number of hydrogen-bond donors (Lipinski definition) is 1. The zero-order chi connectivity index (χ0) is 20.6. The quantitative estimate of drug-likeness (QED) is 0.733. The minimum Gasteiger partial charge on any atom is -0.369 e. The maximum absolute atomic E-state index is 13.3. The predicted octanol–water partition coefficient (Wildman–Crippen LogP) is 2.51. The molecule has 0 saturated heterocycles. The van der Waals surface area contributed by atoms with Gasteiger partial charge in [-0.3, -0.25) is 14.7 Å². The number of aromatic nitrogens is 3. The molecule has 3 heterocycles. The van der Waals surface area contributed by atoms with E-state index in [9.17, 15) is 13.6 Å². The number of halogens is 2. The van der Waals surface area contributed by atoms with Crippen LogP contribution in [0.1, 0.15) is 23.2 Å². The van der Waals surface area contributed by atoms with Crippen LogP contribution in [0, 0.1) is 0 Å². The van der Waals surface area contributed by atoms with Crippen LogP contribution in [0.5, 0.6) is 0 Å². The number of pyridine rings is 1. The molecule has 0 aliphatic carbocycles. The Morgan fingerprint density at radius 3 is 2.45 bits per heavy atom. The number of rotatable bonds is 4. The monoisotopic (exact) mass is 394 g/mol. The fourth-order valence-electron chi connectivity index (χ4n) is 3.35. The highest BCUT2D eigenvalue weighted by molar-refractivity contribution is 6.09. The molecule has 0 radical (unpaired) electrons. The van der Waals surface area contributed by atoms with E-state index in [2.05, 4.69) is 19.9 Å². The van der Waals surface area contributed by atoms with Gasteiger partial charge in [0.2, 0.25) is 0 Å². The molecule has 29 heavy (non-hydrogen) atoms. The van der Waals surface area contributed by atoms with Gasteiger partial charge in [0.15, 0.2) is 11.5 Å². The van der Waals surface area contributed by atoms with Crippen LogP contribution in [0.25, 0.3) is 11.1 Å². The van der Waals surface area contributed by atoms with Crippen LogP contribution >= 0.6 is 0 Å². The zero-order valence-electron chi connectivity index (χ0n) is 15.3. The minimum absolute atomic E-state index is 0.00106. The third kappa shape index (κ3) is 3.00. The van der Waals surface area contributed by atoms with Gasteiger partial charge in [-0.2, -0.15) is 0 Å². The van der Waals surface area contributed by atoms with Gasteiger partial charge in [-0.05, 0) is 34.9 Å². The molecule has 1 aliphatic heterocycles. The van der Waals surface area contributed by atoms with E-state index < -0.39 is 23.6 Å². The summed E-state index contributed by atoms with van der Waals surface area (Å²) in [4.78, 5) is 30.6. The van der Waals surface area contributed by atoms with Crippen molar-refractivity contribution in [1.29, 1.82) is 0 Å². The minimum atomic E-state index is -2.78. The van der Waals surface area contributed by atoms with Crippen molar-refractivity contribution in [3.63, 3.8) is 0 Å². The summed E-state index contributed by atoms with van der Waals surface area (Å²) >= 11 is 0. The molecule has 1 unspecified atom stereocenters. The SMILES string of the molecule is CN1C(=O)C(c2cccc(-c3cncnc3)c2)(c2ccnc(C(F)F)c2)N=C1N. The lowest BCUT2D eigenvalue weighted by Gasteiger charge is -2.26. The van der Waals surface area contributed by atoms with Gasteiger partial charge in [-0.15, -0.1) is 0 Å². The molecule has 2 N–H and O–H groups in total. The number of hydrogen-bond acceptors (Lipinski definition) is 6. The molecule has 9 heteroatoms. The van der Waals surface area contributed by atoms with Crippen LogP contribution in [-0.4, -0.2) is 38.8 Å². The van der Waals surface area contributed by atoms with E-state index in [0.717, 1.165) is 11.1 Å². The fourth-order valence-corrected chi connectivity index (χ4v) is 3.35. The number of carbonyl (C=O) groups excluding carboxylic acids is 1. The maximum Gasteiger partial charge on any atom is 0.280 e. The number of nitrogens with zero attached hydrogens (tertiary/aromatic N) is 5. The second-order valence-electron chi connectivity index (χ2n) is 6.52. The van der Waals surface area contributed by atoms with Crippen molar-refractivity contribution in [3.05, 3.63) is 78.1 Å². The Bertz CT molecular complexity index is 1100. The molecule has 1 aliphatic rings. The molecule has 1 amide bonds. The van der Waals surface area contributed by atoms with Crippen molar-refractivity contribution in [2.24, 2.45) is 10.7 Å². The van der Waals surface area contributed by atoms with E-state index in [1.807, 2.05) is 6.07 Å². The Morgan fingerprint density at radius 1 is 1.07 bits per heavy atom. The summed E-state index contributed by atoms with van der Waals surface area (Å²) in [7, 11) is 1.49. The standard InChI is InChI=1S/C20H16F2N6O/c1-28-18(29)20(27-19(28)23,15-5-6-26-16(8-15)17(21)22)14-4-2-3-12(7-14)13-9-24-11-25-10-13/h2-11,17H,1H3,(H2,23,27). The normalized spacial score (nSPS) is 19.0. The highest BCUT2D eigenvalue weighted by Gasteiger charge is 2.49. The first-order chi connectivity index (χ1) is 13.9. The maximum atomic E-state index is 13.3. The molecular weight excluding hydrogens is 378 g/mol. The first-order valence-electron chi connectivity index (χ1n) is 8.67. The van der Waals surface area contributed by atoms with E-state index in [0.29, 0.717) is 5.56 Å². The van der Waals surface area contributed by atoms with Crippen LogP contribution in [0.4, 0.5) is 8.78 Å². The molecule has 3 aromatic rings. The molecule has 4 rings (SSSR count). The van der Waals surface area contributed by atoms with E-state index >= 15 is 0 Å². The van der Waals surface area contributed by atoms with Crippen molar-refractivity contribution >= 4 is 11.9 Å². The molecule has 0 spiro atoms. The largest absolute Gasteiger partial charge is 0.369 e. The predicted molar refractivity (Wildman–Crippen MR) is 102 cm³/mol. The number of amides is 1. The van der Waals surface area contributed by atoms with Crippen molar-refractivity contribution < 1.29 is 13.6 Å². The second kappa shape index (κ2) is 7.01. The number of aliphatic imine (C=N–C) groups is 1. The summed E-state index contributed by atoms with van der Waals surface area (Å²) < 4.78 is 26.5. The average Bonchev–Trinajstić information content (AvgIpc) is 2.99. The Balaban J connectivity index is 1.95. The number of alkyl halides is 2. The van der Waals surface area contributed by atoms with Crippen molar-refractivity contribution in [1.82, 2.24) is 19.9 Å². The van der Waals surface area contributed by atoms with Gasteiger partial charge in [-0.25, -0.2) is 23.7 Å². The van der Waals surface area contributed by atoms with Crippen LogP contribution in [0.3, 0.4) is 0 Å². The number of carbonyl (C=O) groups is 1. The Labute approximate surface area is 165 Å². The van der Waals surface area contributed by atoms with E-state index in [1.54, 1.807) is 30.6 Å². The molecule has 2 aromatic heterocycles. The number of guanidine groups is 1. The number of nitrogens with two attached hydrogens (primary N) is 1. The third-order valence-corrected chi connectivity index (χ3v) is 4.84. The fraction of sp³-hybridized carbons (Fsp3) is 0.150. The molecule has 146 valence electrons. The van der Waals surface area contributed by atoms with Crippen molar-refractivity contribution in [3.8, 4) is 11.1 Å². The van der Waals surface area contributed by atoms with E-state index in [-0.39, 0.29) is 11.5 Å². The molecule has 7 nitrogen and oxygen atoms in total. The zero-order valence-corrected chi connectivity index (χ0v) is 15.3. The topological polar surface area (TPSA) is 97.4 Å². The Kier molecular flexibility index (Phi) is 4.50. The molecule has 0 bridgehead atoms. The summed E-state index contributed by atoms with van der Waals surface area (Å²) in [5, 5.41) is 0. The summed E-state index contributed by atoms with van der Waals surface area (Å²) in [6, 6.07) is 9.75. The van der Waals surface area contributed by atoms with Crippen molar-refractivity contribution in [2.75, 3.05) is 7.05 Å². The summed E-state index contributed by atoms with van der Waals surface area (Å²) in [6.07, 6.45) is 3.15.